The van der Waals surface area contributed by atoms with Crippen molar-refractivity contribution in [2.45, 2.75) is 18.5 Å². The topological polar surface area (TPSA) is 66.9 Å². The molecule has 0 N–H and O–H groups in total. The van der Waals surface area contributed by atoms with Crippen molar-refractivity contribution in [2.24, 2.45) is 0 Å². The molecule has 3 aromatic carbocycles. The largest absolute Gasteiger partial charge is 0.497 e. The number of rotatable bonds is 5. The molecule has 0 bridgehead atoms. The second-order valence-electron chi connectivity index (χ2n) is 8.23. The molecule has 0 aromatic heterocycles. The number of carbonyl (C=O) groups is 3. The zero-order chi connectivity index (χ0) is 23.2. The van der Waals surface area contributed by atoms with Crippen LogP contribution in [-0.2, 0) is 4.79 Å². The maximum Gasteiger partial charge on any atom is 0.262 e. The van der Waals surface area contributed by atoms with Crippen molar-refractivity contribution in [3.8, 4) is 5.75 Å². The molecule has 2 heterocycles. The lowest BCUT2D eigenvalue weighted by Crippen LogP contribution is -2.79. The van der Waals surface area contributed by atoms with E-state index in [9.17, 15) is 14.4 Å². The predicted molar refractivity (Wildman–Crippen MR) is 125 cm³/mol. The Kier molecular flexibility index (Phi) is 4.86. The normalized spacial score (nSPS) is 22.0. The summed E-state index contributed by atoms with van der Waals surface area (Å²) in [5.74, 6) is -0.533. The van der Waals surface area contributed by atoms with Gasteiger partial charge in [0, 0.05) is 5.69 Å². The average molecular weight is 438 g/mol. The summed E-state index contributed by atoms with van der Waals surface area (Å²) in [6.45, 7) is 1.66. The van der Waals surface area contributed by atoms with E-state index >= 15 is 0 Å². The van der Waals surface area contributed by atoms with Crippen molar-refractivity contribution in [2.75, 3.05) is 12.0 Å². The van der Waals surface area contributed by atoms with Gasteiger partial charge in [-0.3, -0.25) is 19.3 Å². The molecule has 2 aliphatic heterocycles. The summed E-state index contributed by atoms with van der Waals surface area (Å²) in [7, 11) is 1.58. The first-order chi connectivity index (χ1) is 16.0. The Hall–Kier alpha value is -4.19. The van der Waals surface area contributed by atoms with Crippen molar-refractivity contribution < 1.29 is 19.1 Å². The third-order valence-corrected chi connectivity index (χ3v) is 6.39. The highest BCUT2D eigenvalue weighted by Crippen LogP contribution is 2.44. The number of carbonyl (C=O) groups excluding carboxylic acids is 3. The van der Waals surface area contributed by atoms with Crippen LogP contribution in [0.4, 0.5) is 5.69 Å². The van der Waals surface area contributed by atoms with Gasteiger partial charge in [-0.25, -0.2) is 0 Å². The van der Waals surface area contributed by atoms with Gasteiger partial charge in [0.2, 0.25) is 0 Å². The van der Waals surface area contributed by atoms with Crippen molar-refractivity contribution in [3.05, 3.63) is 102 Å². The second-order valence-corrected chi connectivity index (χ2v) is 8.23. The number of benzene rings is 3. The van der Waals surface area contributed by atoms with E-state index in [1.165, 1.54) is 0 Å². The van der Waals surface area contributed by atoms with E-state index in [0.717, 1.165) is 10.5 Å². The Bertz CT molecular complexity index is 1250. The number of ether oxygens (including phenoxy) is 1. The molecule has 0 unspecified atom stereocenters. The summed E-state index contributed by atoms with van der Waals surface area (Å²) >= 11 is 0. The Morgan fingerprint density at radius 2 is 1.39 bits per heavy atom. The molecule has 3 aromatic rings. The SMILES string of the molecule is COc1ccc(N2C(=O)[C@@](C)(N3C(=O)c4ccccc4C3=O)[C@@H]2/C=C/c2ccccc2)cc1. The van der Waals surface area contributed by atoms with Crippen LogP contribution < -0.4 is 9.64 Å². The number of methoxy groups -OCH3 is 1. The van der Waals surface area contributed by atoms with E-state index < -0.39 is 23.4 Å². The Balaban J connectivity index is 1.57. The van der Waals surface area contributed by atoms with Crippen LogP contribution in [-0.4, -0.2) is 41.3 Å². The minimum Gasteiger partial charge on any atom is -0.497 e. The molecule has 2 aliphatic rings. The molecule has 5 rings (SSSR count). The number of β-lactam (4-membered cyclic amide) rings is 1. The number of imide groups is 1. The van der Waals surface area contributed by atoms with Gasteiger partial charge in [-0.15, -0.1) is 0 Å². The monoisotopic (exact) mass is 438 g/mol. The van der Waals surface area contributed by atoms with Crippen LogP contribution >= 0.6 is 0 Å². The maximum absolute atomic E-state index is 13.6. The zero-order valence-electron chi connectivity index (χ0n) is 18.3. The van der Waals surface area contributed by atoms with Crippen molar-refractivity contribution >= 4 is 29.5 Å². The van der Waals surface area contributed by atoms with Crippen molar-refractivity contribution in [3.63, 3.8) is 0 Å². The number of hydrogen-bond acceptors (Lipinski definition) is 4. The highest BCUT2D eigenvalue weighted by Gasteiger charge is 2.65. The van der Waals surface area contributed by atoms with Crippen LogP contribution in [0.2, 0.25) is 0 Å². The lowest BCUT2D eigenvalue weighted by atomic mass is 9.77. The number of amides is 3. The van der Waals surface area contributed by atoms with Crippen molar-refractivity contribution in [1.29, 1.82) is 0 Å². The third kappa shape index (κ3) is 3.06. The molecule has 0 aliphatic carbocycles. The van der Waals surface area contributed by atoms with Crippen molar-refractivity contribution in [1.82, 2.24) is 4.90 Å². The summed E-state index contributed by atoms with van der Waals surface area (Å²) in [5, 5.41) is 0. The highest BCUT2D eigenvalue weighted by molar-refractivity contribution is 6.26. The fourth-order valence-electron chi connectivity index (χ4n) is 4.58. The van der Waals surface area contributed by atoms with Crippen LogP contribution in [0.1, 0.15) is 33.2 Å². The van der Waals surface area contributed by atoms with E-state index in [1.807, 2.05) is 42.5 Å². The Labute approximate surface area is 191 Å². The van der Waals surface area contributed by atoms with Crippen LogP contribution in [0.25, 0.3) is 6.08 Å². The van der Waals surface area contributed by atoms with Gasteiger partial charge in [-0.1, -0.05) is 54.6 Å². The molecule has 164 valence electrons. The van der Waals surface area contributed by atoms with E-state index in [2.05, 4.69) is 0 Å². The fourth-order valence-corrected chi connectivity index (χ4v) is 4.58. The number of hydrogen-bond donors (Lipinski definition) is 0. The molecule has 1 saturated heterocycles. The first-order valence-corrected chi connectivity index (χ1v) is 10.7. The zero-order valence-corrected chi connectivity index (χ0v) is 18.3. The van der Waals surface area contributed by atoms with E-state index in [1.54, 1.807) is 67.5 Å². The Morgan fingerprint density at radius 1 is 0.818 bits per heavy atom. The van der Waals surface area contributed by atoms with Crippen LogP contribution in [0, 0.1) is 0 Å². The van der Waals surface area contributed by atoms with Crippen LogP contribution in [0.5, 0.6) is 5.75 Å². The summed E-state index contributed by atoms with van der Waals surface area (Å²) in [6.07, 6.45) is 3.79. The van der Waals surface area contributed by atoms with Gasteiger partial charge in [0.05, 0.1) is 24.3 Å². The summed E-state index contributed by atoms with van der Waals surface area (Å²) in [5.41, 5.74) is 0.919. The van der Waals surface area contributed by atoms with Gasteiger partial charge in [0.15, 0.2) is 5.54 Å². The predicted octanol–water partition coefficient (Wildman–Crippen LogP) is 4.18. The summed E-state index contributed by atoms with van der Waals surface area (Å²) in [4.78, 5) is 42.8. The van der Waals surface area contributed by atoms with Gasteiger partial charge in [0.1, 0.15) is 5.75 Å². The lowest BCUT2D eigenvalue weighted by Gasteiger charge is -2.56. The van der Waals surface area contributed by atoms with Gasteiger partial charge >= 0.3 is 0 Å². The van der Waals surface area contributed by atoms with E-state index in [0.29, 0.717) is 22.6 Å². The minimum atomic E-state index is -1.35. The molecule has 6 heteroatoms. The molecule has 0 saturated carbocycles. The standard InChI is InChI=1S/C27H22N2O4/c1-27(29-24(30)21-10-6-7-11-22(21)25(29)31)23(17-12-18-8-4-3-5-9-18)28(26(27)32)19-13-15-20(33-2)16-14-19/h3-17,23H,1-2H3/b17-12+/t23-,27-/m0/s1. The summed E-state index contributed by atoms with van der Waals surface area (Å²) in [6, 6.07) is 23.0. The molecule has 0 spiro atoms. The first kappa shape index (κ1) is 20.7. The maximum atomic E-state index is 13.6. The molecule has 1 fully saturated rings. The fraction of sp³-hybridized carbons (Fsp3) is 0.148. The van der Waals surface area contributed by atoms with E-state index in [4.69, 9.17) is 4.74 Å². The molecule has 33 heavy (non-hydrogen) atoms. The van der Waals surface area contributed by atoms with Gasteiger partial charge in [-0.05, 0) is 48.9 Å². The van der Waals surface area contributed by atoms with Crippen LogP contribution in [0.15, 0.2) is 84.9 Å². The summed E-state index contributed by atoms with van der Waals surface area (Å²) < 4.78 is 5.23. The Morgan fingerprint density at radius 3 is 1.97 bits per heavy atom. The first-order valence-electron chi connectivity index (χ1n) is 10.7. The molecule has 3 amide bonds. The minimum absolute atomic E-state index is 0.315. The number of fused-ring (bicyclic) bond motifs is 1. The number of anilines is 1. The molecule has 2 atom stereocenters. The van der Waals surface area contributed by atoms with E-state index in [-0.39, 0.29) is 5.91 Å². The van der Waals surface area contributed by atoms with Gasteiger partial charge < -0.3 is 9.64 Å². The molecule has 0 radical (unpaired) electrons. The van der Waals surface area contributed by atoms with Crippen LogP contribution in [0.3, 0.4) is 0 Å². The molecular weight excluding hydrogens is 416 g/mol. The highest BCUT2D eigenvalue weighted by atomic mass is 16.5. The molecule has 6 nitrogen and oxygen atoms in total. The second kappa shape index (κ2) is 7.74. The third-order valence-electron chi connectivity index (χ3n) is 6.39. The smallest absolute Gasteiger partial charge is 0.262 e. The average Bonchev–Trinajstić information content (AvgIpc) is 3.12. The molecular formula is C27H22N2O4. The lowest BCUT2D eigenvalue weighted by molar-refractivity contribution is -0.136. The van der Waals surface area contributed by atoms with Gasteiger partial charge in [-0.2, -0.15) is 0 Å². The number of nitrogens with zero attached hydrogens (tertiary/aromatic N) is 2. The quantitative estimate of drug-likeness (QED) is 0.443. The van der Waals surface area contributed by atoms with Gasteiger partial charge in [0.25, 0.3) is 17.7 Å².